The maximum absolute atomic E-state index is 4.79. The van der Waals surface area contributed by atoms with Gasteiger partial charge < -0.3 is 4.57 Å². The van der Waals surface area contributed by atoms with Crippen LogP contribution in [-0.4, -0.2) is 17.0 Å². The van der Waals surface area contributed by atoms with E-state index in [9.17, 15) is 0 Å². The second kappa shape index (κ2) is 12.7. The van der Waals surface area contributed by atoms with E-state index in [-0.39, 0.29) is 10.8 Å². The summed E-state index contributed by atoms with van der Waals surface area (Å²) < 4.78 is 2.12. The molecule has 0 aliphatic heterocycles. The van der Waals surface area contributed by atoms with Crippen LogP contribution in [0.1, 0.15) is 64.1 Å². The molecule has 0 amide bonds. The number of hydrogen-bond acceptors (Lipinski definition) is 2. The van der Waals surface area contributed by atoms with Crippen LogP contribution in [0.5, 0.6) is 0 Å². The fourth-order valence-corrected chi connectivity index (χ4v) is 3.51. The SMILES string of the molecule is Cn1c(C=Nc2ccccc2C(C)(C)C)ccc1C=Nc1ccccc1C(C)(C)C.[I][Fe][I]. The monoisotopic (exact) mass is 709 g/mol. The molecular formula is C27H33FeI2N3. The Bertz CT molecular complexity index is 1020. The standard InChI is InChI=1S/C27H33N3.Fe.2HI/c1-26(2,3)22-12-8-10-14-24(22)28-18-20-16-17-21(30(20)7)19-29-25-15-11-9-13-23(25)27(4,5)6;;;/h8-19H,1-7H3;;2*1H/q;+2;;/p-2. The minimum atomic E-state index is 0.0560. The number of halogens is 2. The van der Waals surface area contributed by atoms with Gasteiger partial charge in [-0.25, -0.2) is 0 Å². The van der Waals surface area contributed by atoms with Gasteiger partial charge in [-0.3, -0.25) is 9.98 Å². The van der Waals surface area contributed by atoms with Gasteiger partial charge in [-0.1, -0.05) is 77.9 Å². The first-order chi connectivity index (χ1) is 15.5. The van der Waals surface area contributed by atoms with Crippen molar-refractivity contribution in [2.75, 3.05) is 0 Å². The van der Waals surface area contributed by atoms with E-state index in [1.165, 1.54) is 19.6 Å². The van der Waals surface area contributed by atoms with E-state index >= 15 is 0 Å². The van der Waals surface area contributed by atoms with E-state index in [1.807, 2.05) is 31.6 Å². The normalized spacial score (nSPS) is 12.4. The third kappa shape index (κ3) is 8.33. The molecule has 0 N–H and O–H groups in total. The Kier molecular flexibility index (Phi) is 10.8. The van der Waals surface area contributed by atoms with Crippen LogP contribution in [0, 0.1) is 0 Å². The summed E-state index contributed by atoms with van der Waals surface area (Å²) in [6.07, 6.45) is 3.87. The Labute approximate surface area is 228 Å². The quantitative estimate of drug-likeness (QED) is 0.147. The maximum atomic E-state index is 4.79. The molecule has 0 radical (unpaired) electrons. The van der Waals surface area contributed by atoms with Crippen LogP contribution in [0.2, 0.25) is 0 Å². The molecule has 0 saturated heterocycles. The van der Waals surface area contributed by atoms with Crippen molar-refractivity contribution < 1.29 is 8.46 Å². The Morgan fingerprint density at radius 3 is 1.33 bits per heavy atom. The van der Waals surface area contributed by atoms with Crippen molar-refractivity contribution in [2.45, 2.75) is 52.4 Å². The second-order valence-electron chi connectivity index (χ2n) is 9.84. The third-order valence-electron chi connectivity index (χ3n) is 5.30. The van der Waals surface area contributed by atoms with Gasteiger partial charge in [0.2, 0.25) is 0 Å². The fourth-order valence-electron chi connectivity index (χ4n) is 3.51. The average molecular weight is 709 g/mol. The summed E-state index contributed by atoms with van der Waals surface area (Å²) in [5, 5.41) is 0. The molecule has 1 heterocycles. The van der Waals surface area contributed by atoms with Crippen LogP contribution in [0.25, 0.3) is 0 Å². The first kappa shape index (κ1) is 28.3. The Hall–Kier alpha value is -0.961. The van der Waals surface area contributed by atoms with Gasteiger partial charge in [-0.15, -0.1) is 0 Å². The van der Waals surface area contributed by atoms with Crippen molar-refractivity contribution in [3.63, 3.8) is 0 Å². The summed E-state index contributed by atoms with van der Waals surface area (Å²) in [6, 6.07) is 20.9. The number of nitrogens with zero attached hydrogens (tertiary/aromatic N) is 3. The van der Waals surface area contributed by atoms with E-state index in [0.29, 0.717) is 0 Å². The average Bonchev–Trinajstić information content (AvgIpc) is 3.10. The van der Waals surface area contributed by atoms with Crippen molar-refractivity contribution in [1.29, 1.82) is 0 Å². The van der Waals surface area contributed by atoms with E-state index in [1.54, 1.807) is 0 Å². The Morgan fingerprint density at radius 1 is 0.667 bits per heavy atom. The Balaban J connectivity index is 0.00000122. The van der Waals surface area contributed by atoms with Crippen molar-refractivity contribution in [2.24, 2.45) is 17.0 Å². The van der Waals surface area contributed by atoms with Crippen LogP contribution in [0.3, 0.4) is 0 Å². The van der Waals surface area contributed by atoms with Gasteiger partial charge in [0.1, 0.15) is 0 Å². The van der Waals surface area contributed by atoms with Gasteiger partial charge in [-0.2, -0.15) is 0 Å². The molecule has 3 aromatic rings. The molecule has 178 valence electrons. The van der Waals surface area contributed by atoms with Crippen LogP contribution in [0.15, 0.2) is 70.6 Å². The number of para-hydroxylation sites is 2. The molecular weight excluding hydrogens is 676 g/mol. The van der Waals surface area contributed by atoms with E-state index in [4.69, 9.17) is 9.98 Å². The summed E-state index contributed by atoms with van der Waals surface area (Å²) >= 11 is 4.55. The van der Waals surface area contributed by atoms with Gasteiger partial charge in [-0.05, 0) is 46.2 Å². The van der Waals surface area contributed by atoms with Gasteiger partial charge in [0, 0.05) is 7.05 Å². The molecule has 0 unspecified atom stereocenters. The minimum absolute atomic E-state index is 0.0560. The number of aliphatic imine (C=N–C) groups is 2. The molecule has 0 fully saturated rings. The van der Waals surface area contributed by atoms with Gasteiger partial charge in [0.15, 0.2) is 0 Å². The number of aromatic nitrogens is 1. The zero-order valence-electron chi connectivity index (χ0n) is 20.4. The van der Waals surface area contributed by atoms with Crippen molar-refractivity contribution in [1.82, 2.24) is 4.57 Å². The van der Waals surface area contributed by atoms with Gasteiger partial charge in [0.25, 0.3) is 0 Å². The summed E-state index contributed by atoms with van der Waals surface area (Å²) in [7, 11) is 3.24. The zero-order valence-corrected chi connectivity index (χ0v) is 25.8. The third-order valence-corrected chi connectivity index (χ3v) is 5.30. The summed E-state index contributed by atoms with van der Waals surface area (Å²) in [5.74, 6) is 0. The molecule has 2 aromatic carbocycles. The summed E-state index contributed by atoms with van der Waals surface area (Å²) in [5.41, 5.74) is 6.72. The molecule has 1 aromatic heterocycles. The van der Waals surface area contributed by atoms with Crippen molar-refractivity contribution in [3.8, 4) is 0 Å². The van der Waals surface area contributed by atoms with Crippen LogP contribution >= 0.6 is 40.7 Å². The molecule has 33 heavy (non-hydrogen) atoms. The molecule has 3 nitrogen and oxygen atoms in total. The Morgan fingerprint density at radius 2 is 1.00 bits per heavy atom. The van der Waals surface area contributed by atoms with Gasteiger partial charge in [0.05, 0.1) is 35.2 Å². The van der Waals surface area contributed by atoms with E-state index in [0.717, 1.165) is 22.8 Å². The molecule has 0 atom stereocenters. The van der Waals surface area contributed by atoms with Gasteiger partial charge >= 0.3 is 49.1 Å². The predicted octanol–water partition coefficient (Wildman–Crippen LogP) is 8.89. The topological polar surface area (TPSA) is 29.6 Å². The molecule has 0 saturated carbocycles. The van der Waals surface area contributed by atoms with Crippen LogP contribution in [-0.2, 0) is 26.3 Å². The van der Waals surface area contributed by atoms with E-state index in [2.05, 4.69) is 135 Å². The molecule has 6 heteroatoms. The molecule has 0 aliphatic rings. The van der Waals surface area contributed by atoms with Crippen LogP contribution < -0.4 is 0 Å². The number of hydrogen-bond donors (Lipinski definition) is 0. The predicted molar refractivity (Wildman–Crippen MR) is 158 cm³/mol. The summed E-state index contributed by atoms with van der Waals surface area (Å²) in [4.78, 5) is 9.58. The molecule has 3 rings (SSSR count). The zero-order chi connectivity index (χ0) is 24.6. The molecule has 0 spiro atoms. The number of benzene rings is 2. The first-order valence-electron chi connectivity index (χ1n) is 10.8. The second-order valence-corrected chi connectivity index (χ2v) is 19.2. The molecule has 0 aliphatic carbocycles. The fraction of sp³-hybridized carbons (Fsp3) is 0.333. The number of rotatable bonds is 4. The molecule has 0 bridgehead atoms. The van der Waals surface area contributed by atoms with Crippen LogP contribution in [0.4, 0.5) is 11.4 Å². The first-order valence-corrected chi connectivity index (χ1v) is 17.9. The summed E-state index contributed by atoms with van der Waals surface area (Å²) in [6.45, 7) is 13.3. The van der Waals surface area contributed by atoms with Crippen molar-refractivity contribution >= 4 is 64.5 Å². The van der Waals surface area contributed by atoms with Crippen molar-refractivity contribution in [3.05, 3.63) is 83.2 Å². The van der Waals surface area contributed by atoms with E-state index < -0.39 is 0 Å².